The molecule has 4 amide bonds. The first-order chi connectivity index (χ1) is 19.0. The number of aliphatic hydroxyl groups excluding tert-OH is 2. The van der Waals surface area contributed by atoms with E-state index in [2.05, 4.69) is 16.0 Å². The summed E-state index contributed by atoms with van der Waals surface area (Å²) >= 11 is 0. The van der Waals surface area contributed by atoms with Crippen LogP contribution in [0.4, 0.5) is 0 Å². The third-order valence-electron chi connectivity index (χ3n) is 5.85. The molecule has 0 fully saturated rings. The Morgan fingerprint density at radius 1 is 0.775 bits per heavy atom. The summed E-state index contributed by atoms with van der Waals surface area (Å²) in [4.78, 5) is 61.7. The number of carboxylic acid groups (broad SMARTS) is 1. The number of carboxylic acids is 1. The molecule has 0 unspecified atom stereocenters. The van der Waals surface area contributed by atoms with E-state index in [1.807, 2.05) is 35.6 Å². The van der Waals surface area contributed by atoms with Gasteiger partial charge in [0.1, 0.15) is 12.1 Å². The molecule has 0 spiro atoms. The number of nitrogens with one attached hydrogen (secondary N) is 4. The van der Waals surface area contributed by atoms with Gasteiger partial charge in [-0.05, 0) is 24.5 Å². The standard InChI is InChI=1S/C27H35N5O8/c1-16(34)23(27(39)40)32-26(38)21(15-33)30-22(35)14-29-25(37)20(13-18-10-6-3-7-11-18)31-24(36)19(28)12-17-8-4-2-5-9-17/h2-11,16,19-21,23,33-34H,12-15,28H2,1H3,(H,29,37)(H,30,35)(H,31,36)(H,32,38)(H,39,40)/t16-,19+,20+,21+,23+/m0/s1. The molecule has 2 aromatic carbocycles. The average molecular weight is 558 g/mol. The van der Waals surface area contributed by atoms with E-state index in [-0.39, 0.29) is 12.8 Å². The van der Waals surface area contributed by atoms with Gasteiger partial charge in [0, 0.05) is 6.42 Å². The Morgan fingerprint density at radius 3 is 1.82 bits per heavy atom. The quantitative estimate of drug-likeness (QED) is 0.119. The predicted molar refractivity (Wildman–Crippen MR) is 143 cm³/mol. The van der Waals surface area contributed by atoms with Crippen LogP contribution in [0.15, 0.2) is 60.7 Å². The van der Waals surface area contributed by atoms with Crippen molar-refractivity contribution in [2.75, 3.05) is 13.2 Å². The topological polar surface area (TPSA) is 220 Å². The minimum atomic E-state index is -1.66. The summed E-state index contributed by atoms with van der Waals surface area (Å²) in [5, 5.41) is 37.3. The van der Waals surface area contributed by atoms with Gasteiger partial charge in [0.25, 0.3) is 0 Å². The van der Waals surface area contributed by atoms with Crippen molar-refractivity contribution in [1.82, 2.24) is 21.3 Å². The summed E-state index contributed by atoms with van der Waals surface area (Å²) in [6.45, 7) is -0.331. The number of benzene rings is 2. The molecule has 0 aliphatic carbocycles. The monoisotopic (exact) mass is 557 g/mol. The fraction of sp³-hybridized carbons (Fsp3) is 0.370. The average Bonchev–Trinajstić information content (AvgIpc) is 2.93. The number of rotatable bonds is 15. The number of aliphatic carboxylic acids is 1. The molecule has 40 heavy (non-hydrogen) atoms. The maximum Gasteiger partial charge on any atom is 0.328 e. The van der Waals surface area contributed by atoms with Crippen LogP contribution in [0, 0.1) is 0 Å². The largest absolute Gasteiger partial charge is 0.480 e. The zero-order valence-corrected chi connectivity index (χ0v) is 21.9. The van der Waals surface area contributed by atoms with Crippen molar-refractivity contribution in [2.24, 2.45) is 5.73 Å². The summed E-state index contributed by atoms with van der Waals surface area (Å²) in [7, 11) is 0. The SMILES string of the molecule is C[C@H](O)[C@@H](NC(=O)[C@@H](CO)NC(=O)CNC(=O)[C@@H](Cc1ccccc1)NC(=O)[C@H](N)Cc1ccccc1)C(=O)O. The first kappa shape index (κ1) is 31.9. The van der Waals surface area contributed by atoms with Gasteiger partial charge in [-0.2, -0.15) is 0 Å². The molecule has 0 bridgehead atoms. The molecule has 216 valence electrons. The molecule has 5 atom stereocenters. The molecule has 0 saturated carbocycles. The van der Waals surface area contributed by atoms with Crippen molar-refractivity contribution in [2.45, 2.75) is 50.0 Å². The van der Waals surface area contributed by atoms with E-state index in [1.165, 1.54) is 0 Å². The Morgan fingerprint density at radius 2 is 1.32 bits per heavy atom. The molecule has 9 N–H and O–H groups in total. The van der Waals surface area contributed by atoms with Gasteiger partial charge in [0.15, 0.2) is 6.04 Å². The van der Waals surface area contributed by atoms with Crippen molar-refractivity contribution in [3.63, 3.8) is 0 Å². The highest BCUT2D eigenvalue weighted by Gasteiger charge is 2.30. The van der Waals surface area contributed by atoms with Gasteiger partial charge in [-0.25, -0.2) is 4.79 Å². The predicted octanol–water partition coefficient (Wildman–Crippen LogP) is -2.17. The van der Waals surface area contributed by atoms with Gasteiger partial charge in [-0.15, -0.1) is 0 Å². The van der Waals surface area contributed by atoms with Gasteiger partial charge in [-0.1, -0.05) is 60.7 Å². The van der Waals surface area contributed by atoms with Crippen LogP contribution >= 0.6 is 0 Å². The molecule has 13 heteroatoms. The van der Waals surface area contributed by atoms with Crippen LogP contribution in [0.5, 0.6) is 0 Å². The number of hydrogen-bond donors (Lipinski definition) is 8. The zero-order valence-electron chi connectivity index (χ0n) is 21.9. The number of hydrogen-bond acceptors (Lipinski definition) is 8. The minimum Gasteiger partial charge on any atom is -0.480 e. The highest BCUT2D eigenvalue weighted by Crippen LogP contribution is 2.06. The van der Waals surface area contributed by atoms with Crippen molar-refractivity contribution in [1.29, 1.82) is 0 Å². The number of nitrogens with two attached hydrogens (primary N) is 1. The van der Waals surface area contributed by atoms with Crippen LogP contribution in [0.25, 0.3) is 0 Å². The van der Waals surface area contributed by atoms with Gasteiger partial charge in [0.05, 0.1) is 25.3 Å². The lowest BCUT2D eigenvalue weighted by Crippen LogP contribution is -2.57. The highest BCUT2D eigenvalue weighted by molar-refractivity contribution is 5.94. The molecule has 13 nitrogen and oxygen atoms in total. The lowest BCUT2D eigenvalue weighted by molar-refractivity contribution is -0.145. The first-order valence-corrected chi connectivity index (χ1v) is 12.5. The molecule has 2 aromatic rings. The van der Waals surface area contributed by atoms with Gasteiger partial charge in [-0.3, -0.25) is 19.2 Å². The summed E-state index contributed by atoms with van der Waals surface area (Å²) in [5.41, 5.74) is 7.65. The van der Waals surface area contributed by atoms with Crippen LogP contribution in [0.2, 0.25) is 0 Å². The van der Waals surface area contributed by atoms with Crippen LogP contribution in [0.3, 0.4) is 0 Å². The fourth-order valence-electron chi connectivity index (χ4n) is 3.67. The van der Waals surface area contributed by atoms with Crippen LogP contribution in [-0.2, 0) is 36.8 Å². The number of amides is 4. The number of carbonyl (C=O) groups is 5. The Balaban J connectivity index is 2.01. The molecule has 0 aromatic heterocycles. The van der Waals surface area contributed by atoms with Crippen molar-refractivity contribution in [3.8, 4) is 0 Å². The molecular formula is C27H35N5O8. The molecule has 0 radical (unpaired) electrons. The summed E-state index contributed by atoms with van der Waals surface area (Å²) in [5.74, 6) is -4.67. The Bertz CT molecular complexity index is 1150. The maximum absolute atomic E-state index is 13.0. The van der Waals surface area contributed by atoms with E-state index in [9.17, 15) is 34.2 Å². The van der Waals surface area contributed by atoms with Crippen molar-refractivity contribution in [3.05, 3.63) is 71.8 Å². The van der Waals surface area contributed by atoms with E-state index in [0.717, 1.165) is 18.1 Å². The van der Waals surface area contributed by atoms with Crippen molar-refractivity contribution >= 4 is 29.6 Å². The number of carbonyl (C=O) groups excluding carboxylic acids is 4. The molecule has 0 aliphatic rings. The lowest BCUT2D eigenvalue weighted by atomic mass is 10.0. The number of aliphatic hydroxyl groups is 2. The first-order valence-electron chi connectivity index (χ1n) is 12.5. The molecule has 0 aliphatic heterocycles. The Labute approximate surface area is 231 Å². The third kappa shape index (κ3) is 10.4. The second kappa shape index (κ2) is 15.9. The second-order valence-corrected chi connectivity index (χ2v) is 9.13. The van der Waals surface area contributed by atoms with Crippen LogP contribution < -0.4 is 27.0 Å². The maximum atomic E-state index is 13.0. The summed E-state index contributed by atoms with van der Waals surface area (Å²) in [6.07, 6.45) is -1.08. The molecule has 0 heterocycles. The van der Waals surface area contributed by atoms with Gasteiger partial charge in [0.2, 0.25) is 23.6 Å². The van der Waals surface area contributed by atoms with Gasteiger partial charge >= 0.3 is 5.97 Å². The third-order valence-corrected chi connectivity index (χ3v) is 5.85. The second-order valence-electron chi connectivity index (χ2n) is 9.13. The summed E-state index contributed by atoms with van der Waals surface area (Å²) in [6, 6.07) is 12.8. The van der Waals surface area contributed by atoms with E-state index < -0.39 is 73.0 Å². The van der Waals surface area contributed by atoms with Crippen LogP contribution in [0.1, 0.15) is 18.1 Å². The Hall–Kier alpha value is -4.33. The smallest absolute Gasteiger partial charge is 0.328 e. The zero-order chi connectivity index (χ0) is 29.7. The van der Waals surface area contributed by atoms with Crippen LogP contribution in [-0.4, -0.2) is 88.3 Å². The molecular weight excluding hydrogens is 522 g/mol. The fourth-order valence-corrected chi connectivity index (χ4v) is 3.67. The van der Waals surface area contributed by atoms with Gasteiger partial charge < -0.3 is 42.3 Å². The highest BCUT2D eigenvalue weighted by atomic mass is 16.4. The molecule has 0 saturated heterocycles. The molecule has 2 rings (SSSR count). The van der Waals surface area contributed by atoms with E-state index in [0.29, 0.717) is 0 Å². The van der Waals surface area contributed by atoms with E-state index in [4.69, 9.17) is 10.8 Å². The minimum absolute atomic E-state index is 0.107. The lowest BCUT2D eigenvalue weighted by Gasteiger charge is -2.22. The normalized spacial score (nSPS) is 14.5. The Kier molecular flexibility index (Phi) is 12.7. The van der Waals surface area contributed by atoms with E-state index in [1.54, 1.807) is 30.3 Å². The summed E-state index contributed by atoms with van der Waals surface area (Å²) < 4.78 is 0. The van der Waals surface area contributed by atoms with Crippen molar-refractivity contribution < 1.29 is 39.3 Å². The van der Waals surface area contributed by atoms with E-state index >= 15 is 0 Å².